The molecule has 1 aromatic carbocycles. The number of halogens is 1. The molecule has 3 rings (SSSR count). The van der Waals surface area contributed by atoms with Gasteiger partial charge < -0.3 is 5.32 Å². The highest BCUT2D eigenvalue weighted by atomic mass is 35.5. The molecule has 3 nitrogen and oxygen atoms in total. The molecule has 1 fully saturated rings. The van der Waals surface area contributed by atoms with Crippen molar-refractivity contribution in [3.8, 4) is 11.3 Å². The Morgan fingerprint density at radius 2 is 2.22 bits per heavy atom. The van der Waals surface area contributed by atoms with E-state index in [9.17, 15) is 0 Å². The zero-order chi connectivity index (χ0) is 12.5. The lowest BCUT2D eigenvalue weighted by Gasteiger charge is -2.09. The van der Waals surface area contributed by atoms with E-state index in [0.29, 0.717) is 6.04 Å². The minimum atomic E-state index is 0.706. The molecule has 4 heteroatoms. The molecular formula is C14H16ClN3. The number of nitrogens with one attached hydrogen (secondary N) is 1. The molecular weight excluding hydrogens is 246 g/mol. The number of hydrogen-bond donors (Lipinski definition) is 1. The van der Waals surface area contributed by atoms with Gasteiger partial charge in [0.15, 0.2) is 0 Å². The predicted molar refractivity (Wildman–Crippen MR) is 73.5 cm³/mol. The molecule has 1 heterocycles. The summed E-state index contributed by atoms with van der Waals surface area (Å²) in [4.78, 5) is 0. The molecule has 0 amide bonds. The summed E-state index contributed by atoms with van der Waals surface area (Å²) in [6.07, 6.45) is 4.55. The van der Waals surface area contributed by atoms with Crippen molar-refractivity contribution in [2.45, 2.75) is 25.4 Å². The van der Waals surface area contributed by atoms with Crippen molar-refractivity contribution in [3.63, 3.8) is 0 Å². The van der Waals surface area contributed by atoms with E-state index in [1.165, 1.54) is 18.4 Å². The van der Waals surface area contributed by atoms with Gasteiger partial charge in [-0.15, -0.1) is 0 Å². The number of hydrogen-bond acceptors (Lipinski definition) is 2. The van der Waals surface area contributed by atoms with Crippen LogP contribution in [0.25, 0.3) is 11.3 Å². The summed E-state index contributed by atoms with van der Waals surface area (Å²) in [7, 11) is 1.93. The summed E-state index contributed by atoms with van der Waals surface area (Å²) in [6.45, 7) is 0.883. The predicted octanol–water partition coefficient (Wildman–Crippen LogP) is 2.99. The smallest absolute Gasteiger partial charge is 0.0926 e. The maximum atomic E-state index is 6.09. The van der Waals surface area contributed by atoms with Crippen molar-refractivity contribution in [1.82, 2.24) is 15.1 Å². The van der Waals surface area contributed by atoms with Crippen LogP contribution in [-0.2, 0) is 13.6 Å². The number of aryl methyl sites for hydroxylation is 1. The molecule has 1 saturated carbocycles. The SMILES string of the molecule is Cn1ccc(-c2cc(Cl)ccc2CNC2CC2)n1. The first-order valence-electron chi connectivity index (χ1n) is 6.24. The van der Waals surface area contributed by atoms with Crippen molar-refractivity contribution in [2.24, 2.45) is 7.05 Å². The van der Waals surface area contributed by atoms with Gasteiger partial charge >= 0.3 is 0 Å². The molecule has 94 valence electrons. The molecule has 1 N–H and O–H groups in total. The monoisotopic (exact) mass is 261 g/mol. The van der Waals surface area contributed by atoms with Crippen LogP contribution in [0.3, 0.4) is 0 Å². The standard InChI is InChI=1S/C14H16ClN3/c1-18-7-6-14(17-18)13-8-11(15)3-2-10(13)9-16-12-4-5-12/h2-3,6-8,12,16H,4-5,9H2,1H3. The van der Waals surface area contributed by atoms with Crippen molar-refractivity contribution in [1.29, 1.82) is 0 Å². The fourth-order valence-corrected chi connectivity index (χ4v) is 2.21. The van der Waals surface area contributed by atoms with Crippen LogP contribution in [0.2, 0.25) is 5.02 Å². The van der Waals surface area contributed by atoms with Gasteiger partial charge in [0, 0.05) is 36.4 Å². The van der Waals surface area contributed by atoms with Crippen LogP contribution >= 0.6 is 11.6 Å². The van der Waals surface area contributed by atoms with Crippen LogP contribution in [0, 0.1) is 0 Å². The summed E-state index contributed by atoms with van der Waals surface area (Å²) in [6, 6.07) is 8.75. The summed E-state index contributed by atoms with van der Waals surface area (Å²) < 4.78 is 1.81. The van der Waals surface area contributed by atoms with E-state index in [2.05, 4.69) is 16.5 Å². The molecule has 0 aliphatic heterocycles. The Morgan fingerprint density at radius 3 is 2.89 bits per heavy atom. The summed E-state index contributed by atoms with van der Waals surface area (Å²) in [5, 5.41) is 8.74. The molecule has 0 saturated heterocycles. The van der Waals surface area contributed by atoms with E-state index in [1.54, 1.807) is 0 Å². The third-order valence-electron chi connectivity index (χ3n) is 3.22. The minimum absolute atomic E-state index is 0.706. The maximum absolute atomic E-state index is 6.09. The van der Waals surface area contributed by atoms with Gasteiger partial charge in [-0.1, -0.05) is 17.7 Å². The Labute approximate surface area is 112 Å². The molecule has 18 heavy (non-hydrogen) atoms. The maximum Gasteiger partial charge on any atom is 0.0926 e. The van der Waals surface area contributed by atoms with Crippen LogP contribution in [0.15, 0.2) is 30.5 Å². The van der Waals surface area contributed by atoms with Gasteiger partial charge in [0.1, 0.15) is 0 Å². The van der Waals surface area contributed by atoms with Crippen LogP contribution < -0.4 is 5.32 Å². The van der Waals surface area contributed by atoms with E-state index in [-0.39, 0.29) is 0 Å². The number of rotatable bonds is 4. The fourth-order valence-electron chi connectivity index (χ4n) is 2.04. The molecule has 1 aromatic heterocycles. The molecule has 0 bridgehead atoms. The van der Waals surface area contributed by atoms with Gasteiger partial charge in [0.2, 0.25) is 0 Å². The van der Waals surface area contributed by atoms with Crippen LogP contribution in [-0.4, -0.2) is 15.8 Å². The zero-order valence-electron chi connectivity index (χ0n) is 10.4. The zero-order valence-corrected chi connectivity index (χ0v) is 11.1. The van der Waals surface area contributed by atoms with Gasteiger partial charge in [0.05, 0.1) is 5.69 Å². The first-order valence-corrected chi connectivity index (χ1v) is 6.62. The average molecular weight is 262 g/mol. The molecule has 0 radical (unpaired) electrons. The van der Waals surface area contributed by atoms with Crippen molar-refractivity contribution in [3.05, 3.63) is 41.0 Å². The van der Waals surface area contributed by atoms with E-state index in [1.807, 2.05) is 36.1 Å². The second kappa shape index (κ2) is 4.75. The number of nitrogens with zero attached hydrogens (tertiary/aromatic N) is 2. The largest absolute Gasteiger partial charge is 0.310 e. The van der Waals surface area contributed by atoms with E-state index >= 15 is 0 Å². The minimum Gasteiger partial charge on any atom is -0.310 e. The van der Waals surface area contributed by atoms with Gasteiger partial charge in [-0.2, -0.15) is 5.10 Å². The van der Waals surface area contributed by atoms with E-state index < -0.39 is 0 Å². The van der Waals surface area contributed by atoms with E-state index in [0.717, 1.165) is 22.8 Å². The topological polar surface area (TPSA) is 29.9 Å². The lowest BCUT2D eigenvalue weighted by Crippen LogP contribution is -2.15. The Morgan fingerprint density at radius 1 is 1.39 bits per heavy atom. The molecule has 2 aromatic rings. The normalized spacial score (nSPS) is 15.0. The van der Waals surface area contributed by atoms with Crippen LogP contribution in [0.1, 0.15) is 18.4 Å². The number of aromatic nitrogens is 2. The Hall–Kier alpha value is -1.32. The van der Waals surface area contributed by atoms with Gasteiger partial charge in [-0.25, -0.2) is 0 Å². The first-order chi connectivity index (χ1) is 8.72. The molecule has 0 unspecified atom stereocenters. The van der Waals surface area contributed by atoms with Gasteiger partial charge in [0.25, 0.3) is 0 Å². The third kappa shape index (κ3) is 2.57. The second-order valence-electron chi connectivity index (χ2n) is 4.83. The molecule has 0 spiro atoms. The summed E-state index contributed by atoms with van der Waals surface area (Å²) in [5.41, 5.74) is 3.36. The van der Waals surface area contributed by atoms with Gasteiger partial charge in [-0.3, -0.25) is 4.68 Å². The summed E-state index contributed by atoms with van der Waals surface area (Å²) in [5.74, 6) is 0. The average Bonchev–Trinajstić information content (AvgIpc) is 3.09. The third-order valence-corrected chi connectivity index (χ3v) is 3.46. The number of benzene rings is 1. The molecule has 1 aliphatic carbocycles. The van der Waals surface area contributed by atoms with Crippen molar-refractivity contribution in [2.75, 3.05) is 0 Å². The van der Waals surface area contributed by atoms with Crippen molar-refractivity contribution < 1.29 is 0 Å². The highest BCUT2D eigenvalue weighted by molar-refractivity contribution is 6.30. The van der Waals surface area contributed by atoms with Crippen LogP contribution in [0.4, 0.5) is 0 Å². The van der Waals surface area contributed by atoms with Crippen molar-refractivity contribution >= 4 is 11.6 Å². The molecule has 1 aliphatic rings. The molecule has 0 atom stereocenters. The fraction of sp³-hybridized carbons (Fsp3) is 0.357. The highest BCUT2D eigenvalue weighted by Gasteiger charge is 2.20. The Bertz CT molecular complexity index is 558. The summed E-state index contributed by atoms with van der Waals surface area (Å²) >= 11 is 6.09. The second-order valence-corrected chi connectivity index (χ2v) is 5.27. The lowest BCUT2D eigenvalue weighted by atomic mass is 10.0. The van der Waals surface area contributed by atoms with Gasteiger partial charge in [-0.05, 0) is 36.6 Å². The lowest BCUT2D eigenvalue weighted by molar-refractivity contribution is 0.688. The van der Waals surface area contributed by atoms with Crippen LogP contribution in [0.5, 0.6) is 0 Å². The highest BCUT2D eigenvalue weighted by Crippen LogP contribution is 2.27. The quantitative estimate of drug-likeness (QED) is 0.917. The first kappa shape index (κ1) is 11.8. The Balaban J connectivity index is 1.91. The van der Waals surface area contributed by atoms with E-state index in [4.69, 9.17) is 11.6 Å². The Kier molecular flexibility index (Phi) is 3.10.